The van der Waals surface area contributed by atoms with Crippen molar-refractivity contribution >= 4 is 12.4 Å². The number of benzene rings is 1. The predicted molar refractivity (Wildman–Crippen MR) is 75.6 cm³/mol. The molecule has 0 saturated heterocycles. The van der Waals surface area contributed by atoms with Crippen molar-refractivity contribution in [2.24, 2.45) is 0 Å². The summed E-state index contributed by atoms with van der Waals surface area (Å²) in [6.07, 6.45) is 2.44. The predicted octanol–water partition coefficient (Wildman–Crippen LogP) is 2.93. The van der Waals surface area contributed by atoms with Crippen LogP contribution in [-0.2, 0) is 6.42 Å². The van der Waals surface area contributed by atoms with Crippen molar-refractivity contribution in [1.29, 1.82) is 0 Å². The van der Waals surface area contributed by atoms with Crippen molar-refractivity contribution in [3.05, 3.63) is 59.9 Å². The Morgan fingerprint density at radius 3 is 2.68 bits per heavy atom. The zero-order valence-electron chi connectivity index (χ0n) is 10.6. The normalized spacial score (nSPS) is 24.8. The Hall–Kier alpha value is -1.58. The van der Waals surface area contributed by atoms with Gasteiger partial charge in [-0.15, -0.1) is 12.4 Å². The van der Waals surface area contributed by atoms with Gasteiger partial charge in [-0.25, -0.2) is 0 Å². The number of aliphatic hydroxyl groups is 1. The van der Waals surface area contributed by atoms with Crippen molar-refractivity contribution in [1.82, 2.24) is 4.98 Å². The summed E-state index contributed by atoms with van der Waals surface area (Å²) in [5.41, 5.74) is 1.97. The van der Waals surface area contributed by atoms with Crippen LogP contribution in [0.15, 0.2) is 48.7 Å². The lowest BCUT2D eigenvalue weighted by Crippen LogP contribution is -2.43. The van der Waals surface area contributed by atoms with E-state index in [1.54, 1.807) is 13.1 Å². The van der Waals surface area contributed by atoms with E-state index in [-0.39, 0.29) is 18.3 Å². The maximum atomic E-state index is 10.5. The second-order valence-electron chi connectivity index (χ2n) is 4.77. The number of aromatic nitrogens is 1. The highest BCUT2D eigenvalue weighted by Gasteiger charge is 2.40. The lowest BCUT2D eigenvalue weighted by atomic mass is 9.85. The topological polar surface area (TPSA) is 42.4 Å². The Bertz CT molecular complexity index is 557. The molecule has 2 atom stereocenters. The molecule has 0 bridgehead atoms. The molecule has 1 aromatic carbocycles. The van der Waals surface area contributed by atoms with Crippen LogP contribution < -0.4 is 4.74 Å². The second-order valence-corrected chi connectivity index (χ2v) is 4.77. The molecule has 0 radical (unpaired) electrons. The summed E-state index contributed by atoms with van der Waals surface area (Å²) in [6, 6.07) is 13.6. The van der Waals surface area contributed by atoms with E-state index in [4.69, 9.17) is 4.74 Å². The Morgan fingerprint density at radius 1 is 1.21 bits per heavy atom. The molecule has 0 aliphatic carbocycles. The second kappa shape index (κ2) is 5.19. The van der Waals surface area contributed by atoms with Crippen LogP contribution in [0.3, 0.4) is 0 Å². The van der Waals surface area contributed by atoms with Crippen molar-refractivity contribution in [2.45, 2.75) is 25.0 Å². The fraction of sp³-hybridized carbons (Fsp3) is 0.267. The molecule has 1 aliphatic heterocycles. The first-order valence-corrected chi connectivity index (χ1v) is 6.07. The van der Waals surface area contributed by atoms with E-state index in [1.165, 1.54) is 0 Å². The molecule has 3 nitrogen and oxygen atoms in total. The summed E-state index contributed by atoms with van der Waals surface area (Å²) in [5, 5.41) is 10.5. The van der Waals surface area contributed by atoms with Crippen LogP contribution in [0.4, 0.5) is 0 Å². The van der Waals surface area contributed by atoms with Gasteiger partial charge in [-0.2, -0.15) is 0 Å². The molecule has 1 N–H and O–H groups in total. The third kappa shape index (κ3) is 2.57. The molecule has 0 amide bonds. The SMILES string of the molecule is CC1(O)Oc2cccnc2CC1c1ccccc1.Cl. The minimum atomic E-state index is -1.20. The van der Waals surface area contributed by atoms with Crippen molar-refractivity contribution < 1.29 is 9.84 Å². The average molecular weight is 278 g/mol. The summed E-state index contributed by atoms with van der Waals surface area (Å²) < 4.78 is 5.68. The third-order valence-electron chi connectivity index (χ3n) is 3.41. The minimum absolute atomic E-state index is 0. The zero-order chi connectivity index (χ0) is 12.6. The largest absolute Gasteiger partial charge is 0.460 e. The molecule has 0 spiro atoms. The van der Waals surface area contributed by atoms with Gasteiger partial charge in [0.05, 0.1) is 11.6 Å². The maximum Gasteiger partial charge on any atom is 0.212 e. The van der Waals surface area contributed by atoms with Crippen LogP contribution in [0.25, 0.3) is 0 Å². The molecular weight excluding hydrogens is 262 g/mol. The Labute approximate surface area is 118 Å². The highest BCUT2D eigenvalue weighted by molar-refractivity contribution is 5.85. The molecular formula is C15H16ClNO2. The molecule has 0 saturated carbocycles. The van der Waals surface area contributed by atoms with Crippen LogP contribution in [0, 0.1) is 0 Å². The van der Waals surface area contributed by atoms with Crippen LogP contribution in [0.2, 0.25) is 0 Å². The van der Waals surface area contributed by atoms with Crippen LogP contribution in [0.1, 0.15) is 24.1 Å². The van der Waals surface area contributed by atoms with Gasteiger partial charge in [0.15, 0.2) is 0 Å². The molecule has 0 fully saturated rings. The zero-order valence-corrected chi connectivity index (χ0v) is 11.4. The molecule has 2 unspecified atom stereocenters. The number of hydrogen-bond acceptors (Lipinski definition) is 3. The van der Waals surface area contributed by atoms with Gasteiger partial charge in [0, 0.05) is 19.5 Å². The molecule has 19 heavy (non-hydrogen) atoms. The van der Waals surface area contributed by atoms with E-state index in [0.29, 0.717) is 12.2 Å². The fourth-order valence-electron chi connectivity index (χ4n) is 2.46. The van der Waals surface area contributed by atoms with E-state index in [0.717, 1.165) is 11.3 Å². The van der Waals surface area contributed by atoms with E-state index >= 15 is 0 Å². The van der Waals surface area contributed by atoms with Gasteiger partial charge in [-0.05, 0) is 17.7 Å². The lowest BCUT2D eigenvalue weighted by molar-refractivity contribution is -0.149. The van der Waals surface area contributed by atoms with Crippen LogP contribution in [-0.4, -0.2) is 15.9 Å². The number of nitrogens with zero attached hydrogens (tertiary/aromatic N) is 1. The average Bonchev–Trinajstić information content (AvgIpc) is 2.38. The molecule has 2 aromatic rings. The summed E-state index contributed by atoms with van der Waals surface area (Å²) in [4.78, 5) is 4.32. The summed E-state index contributed by atoms with van der Waals surface area (Å²) >= 11 is 0. The number of rotatable bonds is 1. The Kier molecular flexibility index (Phi) is 3.78. The van der Waals surface area contributed by atoms with Crippen LogP contribution >= 0.6 is 12.4 Å². The molecule has 1 aliphatic rings. The first-order chi connectivity index (χ1) is 8.67. The lowest BCUT2D eigenvalue weighted by Gasteiger charge is -2.38. The van der Waals surface area contributed by atoms with E-state index < -0.39 is 5.79 Å². The van der Waals surface area contributed by atoms with Crippen LogP contribution in [0.5, 0.6) is 5.75 Å². The monoisotopic (exact) mass is 277 g/mol. The Balaban J connectivity index is 0.00000133. The number of halogens is 1. The van der Waals surface area contributed by atoms with Gasteiger partial charge in [-0.3, -0.25) is 4.98 Å². The molecule has 1 aromatic heterocycles. The van der Waals surface area contributed by atoms with E-state index in [1.807, 2.05) is 42.5 Å². The van der Waals surface area contributed by atoms with Gasteiger partial charge >= 0.3 is 0 Å². The number of hydrogen-bond donors (Lipinski definition) is 1. The van der Waals surface area contributed by atoms with Gasteiger partial charge in [0.25, 0.3) is 0 Å². The van der Waals surface area contributed by atoms with Gasteiger partial charge in [0.2, 0.25) is 5.79 Å². The summed E-state index contributed by atoms with van der Waals surface area (Å²) in [6.45, 7) is 1.71. The number of pyridine rings is 1. The smallest absolute Gasteiger partial charge is 0.212 e. The van der Waals surface area contributed by atoms with Crippen molar-refractivity contribution in [3.63, 3.8) is 0 Å². The van der Waals surface area contributed by atoms with Gasteiger partial charge < -0.3 is 9.84 Å². The highest BCUT2D eigenvalue weighted by Crippen LogP contribution is 2.39. The number of fused-ring (bicyclic) bond motifs is 1. The first kappa shape index (κ1) is 13.8. The molecule has 2 heterocycles. The first-order valence-electron chi connectivity index (χ1n) is 6.07. The van der Waals surface area contributed by atoms with Gasteiger partial charge in [-0.1, -0.05) is 30.3 Å². The van der Waals surface area contributed by atoms with Crippen molar-refractivity contribution in [3.8, 4) is 5.75 Å². The third-order valence-corrected chi connectivity index (χ3v) is 3.41. The van der Waals surface area contributed by atoms with Crippen molar-refractivity contribution in [2.75, 3.05) is 0 Å². The molecule has 100 valence electrons. The van der Waals surface area contributed by atoms with E-state index in [2.05, 4.69) is 4.98 Å². The minimum Gasteiger partial charge on any atom is -0.460 e. The standard InChI is InChI=1S/C15H15NO2.ClH/c1-15(17)12(11-6-3-2-4-7-11)10-13-14(18-15)8-5-9-16-13;/h2-9,12,17H,10H2,1H3;1H. The Morgan fingerprint density at radius 2 is 1.95 bits per heavy atom. The highest BCUT2D eigenvalue weighted by atomic mass is 35.5. The number of ether oxygens (including phenoxy) is 1. The summed E-state index contributed by atoms with van der Waals surface area (Å²) in [5.74, 6) is -0.618. The molecule has 4 heteroatoms. The van der Waals surface area contributed by atoms with Gasteiger partial charge in [0.1, 0.15) is 5.75 Å². The fourth-order valence-corrected chi connectivity index (χ4v) is 2.46. The summed E-state index contributed by atoms with van der Waals surface area (Å²) in [7, 11) is 0. The molecule has 3 rings (SSSR count). The maximum absolute atomic E-state index is 10.5. The quantitative estimate of drug-likeness (QED) is 0.871. The van der Waals surface area contributed by atoms with E-state index in [9.17, 15) is 5.11 Å².